The van der Waals surface area contributed by atoms with Gasteiger partial charge in [-0.25, -0.2) is 0 Å². The SMILES string of the molecule is CC1(C)C=CC=CC1.OCCCO. The summed E-state index contributed by atoms with van der Waals surface area (Å²) < 4.78 is 0. The van der Waals surface area contributed by atoms with E-state index in [0.29, 0.717) is 11.8 Å². The van der Waals surface area contributed by atoms with Gasteiger partial charge >= 0.3 is 0 Å². The largest absolute Gasteiger partial charge is 0.396 e. The third-order valence-corrected chi connectivity index (χ3v) is 1.75. The van der Waals surface area contributed by atoms with Gasteiger partial charge in [-0.15, -0.1) is 0 Å². The first kappa shape index (κ1) is 12.4. The third kappa shape index (κ3) is 7.75. The van der Waals surface area contributed by atoms with Gasteiger partial charge in [-0.2, -0.15) is 0 Å². The van der Waals surface area contributed by atoms with Gasteiger partial charge in [0, 0.05) is 13.2 Å². The molecule has 0 amide bonds. The molecule has 0 heterocycles. The summed E-state index contributed by atoms with van der Waals surface area (Å²) in [6, 6.07) is 0. The summed E-state index contributed by atoms with van der Waals surface area (Å²) >= 11 is 0. The van der Waals surface area contributed by atoms with Crippen molar-refractivity contribution in [2.24, 2.45) is 5.41 Å². The van der Waals surface area contributed by atoms with E-state index in [9.17, 15) is 0 Å². The van der Waals surface area contributed by atoms with Gasteiger partial charge in [0.1, 0.15) is 0 Å². The summed E-state index contributed by atoms with van der Waals surface area (Å²) in [5.41, 5.74) is 0.411. The first-order valence-electron chi connectivity index (χ1n) is 4.68. The van der Waals surface area contributed by atoms with Crippen molar-refractivity contribution in [3.63, 3.8) is 0 Å². The van der Waals surface area contributed by atoms with Gasteiger partial charge in [-0.1, -0.05) is 38.2 Å². The highest BCUT2D eigenvalue weighted by atomic mass is 16.3. The highest BCUT2D eigenvalue weighted by Gasteiger charge is 2.11. The maximum absolute atomic E-state index is 7.91. The van der Waals surface area contributed by atoms with Crippen molar-refractivity contribution in [2.45, 2.75) is 26.7 Å². The Morgan fingerprint density at radius 3 is 1.92 bits per heavy atom. The summed E-state index contributed by atoms with van der Waals surface area (Å²) in [6.07, 6.45) is 10.4. The van der Waals surface area contributed by atoms with Crippen molar-refractivity contribution >= 4 is 0 Å². The maximum atomic E-state index is 7.91. The van der Waals surface area contributed by atoms with Gasteiger partial charge in [-0.05, 0) is 18.3 Å². The van der Waals surface area contributed by atoms with Gasteiger partial charge in [0.25, 0.3) is 0 Å². The van der Waals surface area contributed by atoms with E-state index in [1.165, 1.54) is 6.42 Å². The Balaban J connectivity index is 0.000000252. The molecule has 1 rings (SSSR count). The zero-order valence-corrected chi connectivity index (χ0v) is 8.53. The van der Waals surface area contributed by atoms with Crippen LogP contribution in [-0.4, -0.2) is 23.4 Å². The molecule has 76 valence electrons. The number of hydrogen-bond acceptors (Lipinski definition) is 2. The van der Waals surface area contributed by atoms with E-state index in [1.807, 2.05) is 0 Å². The minimum absolute atomic E-state index is 0.0938. The van der Waals surface area contributed by atoms with Crippen LogP contribution in [0.2, 0.25) is 0 Å². The molecule has 1 aliphatic carbocycles. The van der Waals surface area contributed by atoms with E-state index >= 15 is 0 Å². The maximum Gasteiger partial charge on any atom is 0.0452 e. The van der Waals surface area contributed by atoms with Crippen LogP contribution in [0.25, 0.3) is 0 Å². The zero-order valence-electron chi connectivity index (χ0n) is 8.53. The predicted octanol–water partition coefficient (Wildman–Crippen LogP) is 1.89. The van der Waals surface area contributed by atoms with Crippen LogP contribution in [0, 0.1) is 5.41 Å². The molecule has 0 bridgehead atoms. The summed E-state index contributed by atoms with van der Waals surface area (Å²) in [6.45, 7) is 4.67. The Morgan fingerprint density at radius 1 is 1.15 bits per heavy atom. The standard InChI is InChI=1S/C8H12.C3H8O2/c1-8(2)6-4-3-5-7-8;4-2-1-3-5/h3-6H,7H2,1-2H3;4-5H,1-3H2. The molecule has 0 aromatic rings. The number of allylic oxidation sites excluding steroid dienone is 4. The summed E-state index contributed by atoms with van der Waals surface area (Å²) in [4.78, 5) is 0. The molecule has 0 aliphatic heterocycles. The molecule has 0 aromatic heterocycles. The van der Waals surface area contributed by atoms with E-state index in [1.54, 1.807) is 0 Å². The molecule has 2 N–H and O–H groups in total. The van der Waals surface area contributed by atoms with Crippen LogP contribution >= 0.6 is 0 Å². The second-order valence-electron chi connectivity index (χ2n) is 3.78. The summed E-state index contributed by atoms with van der Waals surface area (Å²) in [5, 5.41) is 15.8. The van der Waals surface area contributed by atoms with E-state index in [0.717, 1.165) is 0 Å². The number of hydrogen-bond donors (Lipinski definition) is 2. The number of rotatable bonds is 2. The van der Waals surface area contributed by atoms with E-state index in [2.05, 4.69) is 38.2 Å². The van der Waals surface area contributed by atoms with Crippen LogP contribution in [0.4, 0.5) is 0 Å². The van der Waals surface area contributed by atoms with Gasteiger partial charge < -0.3 is 10.2 Å². The molecule has 0 radical (unpaired) electrons. The summed E-state index contributed by atoms with van der Waals surface area (Å²) in [5.74, 6) is 0. The van der Waals surface area contributed by atoms with Gasteiger partial charge in [-0.3, -0.25) is 0 Å². The first-order chi connectivity index (χ1) is 6.12. The Kier molecular flexibility index (Phi) is 6.55. The highest BCUT2D eigenvalue weighted by molar-refractivity contribution is 5.13. The van der Waals surface area contributed by atoms with E-state index in [4.69, 9.17) is 10.2 Å². The van der Waals surface area contributed by atoms with Crippen LogP contribution in [0.1, 0.15) is 26.7 Å². The van der Waals surface area contributed by atoms with Crippen LogP contribution in [-0.2, 0) is 0 Å². The Bertz CT molecular complexity index is 167. The summed E-state index contributed by atoms with van der Waals surface area (Å²) in [7, 11) is 0. The van der Waals surface area contributed by atoms with Crippen molar-refractivity contribution in [1.29, 1.82) is 0 Å². The molecule has 0 aromatic carbocycles. The van der Waals surface area contributed by atoms with Crippen LogP contribution in [0.5, 0.6) is 0 Å². The van der Waals surface area contributed by atoms with Gasteiger partial charge in [0.05, 0.1) is 0 Å². The van der Waals surface area contributed by atoms with Crippen LogP contribution in [0.15, 0.2) is 24.3 Å². The second-order valence-corrected chi connectivity index (χ2v) is 3.78. The average molecular weight is 184 g/mol. The predicted molar refractivity (Wildman–Crippen MR) is 55.5 cm³/mol. The molecule has 0 unspecified atom stereocenters. The zero-order chi connectivity index (χ0) is 10.2. The lowest BCUT2D eigenvalue weighted by Crippen LogP contribution is -2.06. The Labute approximate surface area is 80.6 Å². The van der Waals surface area contributed by atoms with Crippen molar-refractivity contribution in [3.05, 3.63) is 24.3 Å². The fraction of sp³-hybridized carbons (Fsp3) is 0.636. The second kappa shape index (κ2) is 6.87. The normalized spacial score (nSPS) is 17.8. The molecule has 2 heteroatoms. The third-order valence-electron chi connectivity index (χ3n) is 1.75. The lowest BCUT2D eigenvalue weighted by molar-refractivity contribution is 0.221. The minimum atomic E-state index is 0.0938. The molecule has 0 spiro atoms. The number of aliphatic hydroxyl groups excluding tert-OH is 2. The lowest BCUT2D eigenvalue weighted by atomic mass is 9.86. The topological polar surface area (TPSA) is 40.5 Å². The van der Waals surface area contributed by atoms with Gasteiger partial charge in [0.15, 0.2) is 0 Å². The molecule has 1 aliphatic rings. The monoisotopic (exact) mass is 184 g/mol. The molecule has 0 saturated carbocycles. The quantitative estimate of drug-likeness (QED) is 0.688. The Morgan fingerprint density at radius 2 is 1.77 bits per heavy atom. The fourth-order valence-corrected chi connectivity index (χ4v) is 0.905. The molecule has 0 fully saturated rings. The first-order valence-corrected chi connectivity index (χ1v) is 4.68. The molecule has 13 heavy (non-hydrogen) atoms. The van der Waals surface area contributed by atoms with Crippen molar-refractivity contribution < 1.29 is 10.2 Å². The highest BCUT2D eigenvalue weighted by Crippen LogP contribution is 2.24. The van der Waals surface area contributed by atoms with E-state index in [-0.39, 0.29) is 13.2 Å². The average Bonchev–Trinajstić information content (AvgIpc) is 2.06. The molecule has 2 nitrogen and oxygen atoms in total. The molecule has 0 saturated heterocycles. The van der Waals surface area contributed by atoms with E-state index < -0.39 is 0 Å². The lowest BCUT2D eigenvalue weighted by Gasteiger charge is -2.19. The molecular weight excluding hydrogens is 164 g/mol. The fourth-order valence-electron chi connectivity index (χ4n) is 0.905. The van der Waals surface area contributed by atoms with Gasteiger partial charge in [0.2, 0.25) is 0 Å². The molecule has 0 atom stereocenters. The Hall–Kier alpha value is -0.600. The van der Waals surface area contributed by atoms with Crippen LogP contribution < -0.4 is 0 Å². The number of aliphatic hydroxyl groups is 2. The van der Waals surface area contributed by atoms with Crippen molar-refractivity contribution in [2.75, 3.05) is 13.2 Å². The van der Waals surface area contributed by atoms with Crippen LogP contribution in [0.3, 0.4) is 0 Å². The minimum Gasteiger partial charge on any atom is -0.396 e. The van der Waals surface area contributed by atoms with Crippen molar-refractivity contribution in [3.8, 4) is 0 Å². The van der Waals surface area contributed by atoms with Crippen molar-refractivity contribution in [1.82, 2.24) is 0 Å². The smallest absolute Gasteiger partial charge is 0.0452 e. The molecular formula is C11H20O2.